The van der Waals surface area contributed by atoms with E-state index in [1.807, 2.05) is 0 Å². The Balaban J connectivity index is 1.96. The molecular weight excluding hydrogens is 264 g/mol. The van der Waals surface area contributed by atoms with Crippen molar-refractivity contribution in [3.8, 4) is 0 Å². The van der Waals surface area contributed by atoms with Gasteiger partial charge in [-0.05, 0) is 19.1 Å². The molecule has 8 nitrogen and oxygen atoms in total. The number of nitrogens with zero attached hydrogens (tertiary/aromatic N) is 3. The van der Waals surface area contributed by atoms with Gasteiger partial charge in [-0.15, -0.1) is 5.10 Å². The van der Waals surface area contributed by atoms with Crippen molar-refractivity contribution in [3.05, 3.63) is 36.0 Å². The van der Waals surface area contributed by atoms with E-state index in [1.165, 1.54) is 24.3 Å². The molecule has 0 aliphatic heterocycles. The third kappa shape index (κ3) is 3.02. The third-order valence-corrected chi connectivity index (χ3v) is 2.70. The van der Waals surface area contributed by atoms with E-state index >= 15 is 0 Å². The number of furan rings is 1. The zero-order chi connectivity index (χ0) is 14.5. The first-order chi connectivity index (χ1) is 9.61. The number of esters is 1. The second-order valence-corrected chi connectivity index (χ2v) is 4.05. The second kappa shape index (κ2) is 6.00. The van der Waals surface area contributed by atoms with Crippen LogP contribution in [0.15, 0.2) is 29.0 Å². The van der Waals surface area contributed by atoms with E-state index in [2.05, 4.69) is 20.4 Å². The van der Waals surface area contributed by atoms with Crippen LogP contribution in [0.5, 0.6) is 0 Å². The second-order valence-electron chi connectivity index (χ2n) is 4.05. The Kier molecular flexibility index (Phi) is 4.14. The molecule has 1 amide bonds. The Bertz CT molecular complexity index is 590. The average molecular weight is 278 g/mol. The minimum atomic E-state index is -0.601. The van der Waals surface area contributed by atoms with Gasteiger partial charge in [0.05, 0.1) is 26.1 Å². The highest BCUT2D eigenvalue weighted by atomic mass is 16.5. The van der Waals surface area contributed by atoms with Gasteiger partial charge in [-0.25, -0.2) is 9.48 Å². The van der Waals surface area contributed by atoms with E-state index in [-0.39, 0.29) is 18.1 Å². The SMILES string of the molecule is COC(=O)c1cn(C(C)C(=O)NCc2ccco2)nn1. The van der Waals surface area contributed by atoms with Gasteiger partial charge in [0.2, 0.25) is 5.91 Å². The molecule has 1 unspecified atom stereocenters. The normalized spacial score (nSPS) is 11.9. The van der Waals surface area contributed by atoms with Crippen molar-refractivity contribution in [2.24, 2.45) is 0 Å². The van der Waals surface area contributed by atoms with Crippen LogP contribution in [-0.2, 0) is 16.1 Å². The van der Waals surface area contributed by atoms with Gasteiger partial charge in [0.1, 0.15) is 11.8 Å². The number of rotatable bonds is 5. The van der Waals surface area contributed by atoms with Gasteiger partial charge in [0, 0.05) is 0 Å². The third-order valence-electron chi connectivity index (χ3n) is 2.70. The van der Waals surface area contributed by atoms with Crippen LogP contribution < -0.4 is 5.32 Å². The molecule has 2 aromatic rings. The highest BCUT2D eigenvalue weighted by molar-refractivity contribution is 5.86. The zero-order valence-corrected chi connectivity index (χ0v) is 11.1. The van der Waals surface area contributed by atoms with Crippen molar-refractivity contribution in [1.82, 2.24) is 20.3 Å². The Morgan fingerprint density at radius 1 is 1.55 bits per heavy atom. The van der Waals surface area contributed by atoms with Crippen molar-refractivity contribution in [1.29, 1.82) is 0 Å². The molecule has 20 heavy (non-hydrogen) atoms. The van der Waals surface area contributed by atoms with Gasteiger partial charge in [-0.2, -0.15) is 0 Å². The monoisotopic (exact) mass is 278 g/mol. The summed E-state index contributed by atoms with van der Waals surface area (Å²) in [5.74, 6) is -0.207. The summed E-state index contributed by atoms with van der Waals surface area (Å²) in [4.78, 5) is 23.2. The van der Waals surface area contributed by atoms with Gasteiger partial charge in [0.25, 0.3) is 0 Å². The van der Waals surface area contributed by atoms with E-state index < -0.39 is 12.0 Å². The molecule has 0 radical (unpaired) electrons. The minimum Gasteiger partial charge on any atom is -0.467 e. The quantitative estimate of drug-likeness (QED) is 0.801. The number of carbonyl (C=O) groups excluding carboxylic acids is 2. The molecule has 0 saturated heterocycles. The summed E-state index contributed by atoms with van der Waals surface area (Å²) in [5, 5.41) is 10.1. The van der Waals surface area contributed by atoms with Gasteiger partial charge in [0.15, 0.2) is 5.69 Å². The van der Waals surface area contributed by atoms with Crippen molar-refractivity contribution in [2.45, 2.75) is 19.5 Å². The number of methoxy groups -OCH3 is 1. The molecule has 0 saturated carbocycles. The number of hydrogen-bond donors (Lipinski definition) is 1. The number of ether oxygens (including phenoxy) is 1. The summed E-state index contributed by atoms with van der Waals surface area (Å²) in [6, 6.07) is 2.90. The molecule has 1 N–H and O–H groups in total. The Labute approximate surface area is 114 Å². The van der Waals surface area contributed by atoms with Crippen LogP contribution in [0.25, 0.3) is 0 Å². The topological polar surface area (TPSA) is 99.2 Å². The summed E-state index contributed by atoms with van der Waals surface area (Å²) in [7, 11) is 1.25. The molecule has 2 heterocycles. The molecule has 8 heteroatoms. The van der Waals surface area contributed by atoms with Crippen LogP contribution in [0.1, 0.15) is 29.2 Å². The van der Waals surface area contributed by atoms with Crippen LogP contribution in [0.2, 0.25) is 0 Å². The van der Waals surface area contributed by atoms with Crippen molar-refractivity contribution in [2.75, 3.05) is 7.11 Å². The summed E-state index contributed by atoms with van der Waals surface area (Å²) >= 11 is 0. The largest absolute Gasteiger partial charge is 0.467 e. The molecule has 0 aliphatic carbocycles. The fourth-order valence-corrected chi connectivity index (χ4v) is 1.52. The number of hydrogen-bond acceptors (Lipinski definition) is 6. The number of amides is 1. The molecule has 106 valence electrons. The molecule has 2 rings (SSSR count). The average Bonchev–Trinajstić information content (AvgIpc) is 3.13. The predicted molar refractivity (Wildman–Crippen MR) is 66.6 cm³/mol. The lowest BCUT2D eigenvalue weighted by Crippen LogP contribution is -2.30. The van der Waals surface area contributed by atoms with Crippen molar-refractivity contribution >= 4 is 11.9 Å². The molecule has 0 spiro atoms. The number of aromatic nitrogens is 3. The van der Waals surface area contributed by atoms with Gasteiger partial charge < -0.3 is 14.5 Å². The summed E-state index contributed by atoms with van der Waals surface area (Å²) < 4.78 is 10.9. The Hall–Kier alpha value is -2.64. The van der Waals surface area contributed by atoms with Crippen LogP contribution in [-0.4, -0.2) is 34.0 Å². The summed E-state index contributed by atoms with van der Waals surface area (Å²) in [6.07, 6.45) is 2.90. The van der Waals surface area contributed by atoms with Crippen LogP contribution in [0.3, 0.4) is 0 Å². The first-order valence-corrected chi connectivity index (χ1v) is 5.92. The van der Waals surface area contributed by atoms with Crippen LogP contribution >= 0.6 is 0 Å². The first-order valence-electron chi connectivity index (χ1n) is 5.92. The van der Waals surface area contributed by atoms with Gasteiger partial charge in [-0.3, -0.25) is 4.79 Å². The maximum atomic E-state index is 11.9. The maximum Gasteiger partial charge on any atom is 0.360 e. The predicted octanol–water partition coefficient (Wildman–Crippen LogP) is 0.535. The van der Waals surface area contributed by atoms with Gasteiger partial charge >= 0.3 is 5.97 Å². The van der Waals surface area contributed by atoms with Crippen molar-refractivity contribution in [3.63, 3.8) is 0 Å². The smallest absolute Gasteiger partial charge is 0.360 e. The fourth-order valence-electron chi connectivity index (χ4n) is 1.52. The van der Waals surface area contributed by atoms with E-state index in [0.717, 1.165) is 0 Å². The number of carbonyl (C=O) groups is 2. The van der Waals surface area contributed by atoms with E-state index in [1.54, 1.807) is 19.1 Å². The highest BCUT2D eigenvalue weighted by Crippen LogP contribution is 2.06. The molecule has 1 atom stereocenters. The molecule has 0 fully saturated rings. The lowest BCUT2D eigenvalue weighted by Gasteiger charge is -2.10. The first kappa shape index (κ1) is 13.8. The highest BCUT2D eigenvalue weighted by Gasteiger charge is 2.19. The molecular formula is C12H14N4O4. The molecule has 2 aromatic heterocycles. The molecule has 0 bridgehead atoms. The standard InChI is InChI=1S/C12H14N4O4/c1-8(11(17)13-6-9-4-3-5-20-9)16-7-10(14-15-16)12(18)19-2/h3-5,7-8H,6H2,1-2H3,(H,13,17). The van der Waals surface area contributed by atoms with Crippen LogP contribution in [0, 0.1) is 0 Å². The summed E-state index contributed by atoms with van der Waals surface area (Å²) in [5.41, 5.74) is 0.0539. The van der Waals surface area contributed by atoms with Crippen LogP contribution in [0.4, 0.5) is 0 Å². The van der Waals surface area contributed by atoms with Gasteiger partial charge in [-0.1, -0.05) is 5.21 Å². The summed E-state index contributed by atoms with van der Waals surface area (Å²) in [6.45, 7) is 1.93. The van der Waals surface area contributed by atoms with E-state index in [9.17, 15) is 9.59 Å². The lowest BCUT2D eigenvalue weighted by atomic mass is 10.3. The van der Waals surface area contributed by atoms with Crippen molar-refractivity contribution < 1.29 is 18.7 Å². The molecule has 0 aliphatic rings. The van der Waals surface area contributed by atoms with E-state index in [0.29, 0.717) is 5.76 Å². The number of nitrogens with one attached hydrogen (secondary N) is 1. The lowest BCUT2D eigenvalue weighted by molar-refractivity contribution is -0.124. The maximum absolute atomic E-state index is 11.9. The minimum absolute atomic E-state index is 0.0539. The molecule has 0 aromatic carbocycles. The fraction of sp³-hybridized carbons (Fsp3) is 0.333. The van der Waals surface area contributed by atoms with E-state index in [4.69, 9.17) is 4.42 Å². The zero-order valence-electron chi connectivity index (χ0n) is 11.1. The Morgan fingerprint density at radius 2 is 2.35 bits per heavy atom. The Morgan fingerprint density at radius 3 is 3.00 bits per heavy atom.